The molecule has 178 valence electrons. The number of aromatic nitrogens is 4. The van der Waals surface area contributed by atoms with Crippen molar-refractivity contribution in [3.05, 3.63) is 48.5 Å². The van der Waals surface area contributed by atoms with Crippen LogP contribution in [0.3, 0.4) is 0 Å². The molecule has 0 spiro atoms. The van der Waals surface area contributed by atoms with Gasteiger partial charge in [0.15, 0.2) is 0 Å². The van der Waals surface area contributed by atoms with Gasteiger partial charge in [-0.1, -0.05) is 0 Å². The lowest BCUT2D eigenvalue weighted by Crippen LogP contribution is -2.41. The van der Waals surface area contributed by atoms with Crippen LogP contribution in [0.25, 0.3) is 11.3 Å². The van der Waals surface area contributed by atoms with Gasteiger partial charge >= 0.3 is 18.2 Å². The van der Waals surface area contributed by atoms with Gasteiger partial charge in [0.2, 0.25) is 0 Å². The zero-order chi connectivity index (χ0) is 24.5. The number of anilines is 1. The second-order valence-corrected chi connectivity index (χ2v) is 7.56. The fraction of sp³-hybridized carbons (Fsp3) is 0.286. The molecule has 10 nitrogen and oxygen atoms in total. The van der Waals surface area contributed by atoms with Crippen molar-refractivity contribution in [3.8, 4) is 22.8 Å². The standard InChI is InChI=1S/C21H20F3N7O3/c1-13-17(34-15-5-6-25-16(9-15)14-10-26-29(2)11-14)3-4-18(27-13)28-19(32)31-8-7-30(20(31)33)12-21(22,23)24/h3-6,9-11H,7-8,12H2,1-2H3,(H,27,28,32). The molecule has 1 fully saturated rings. The van der Waals surface area contributed by atoms with Crippen molar-refractivity contribution in [1.29, 1.82) is 0 Å². The van der Waals surface area contributed by atoms with Crippen LogP contribution in [0, 0.1) is 6.92 Å². The van der Waals surface area contributed by atoms with Crippen molar-refractivity contribution in [2.75, 3.05) is 25.0 Å². The van der Waals surface area contributed by atoms with E-state index in [0.29, 0.717) is 32.7 Å². The molecule has 0 saturated carbocycles. The summed E-state index contributed by atoms with van der Waals surface area (Å²) in [6.45, 7) is -0.0863. The van der Waals surface area contributed by atoms with E-state index in [-0.39, 0.29) is 18.9 Å². The monoisotopic (exact) mass is 475 g/mol. The molecule has 1 saturated heterocycles. The van der Waals surface area contributed by atoms with Crippen molar-refractivity contribution in [3.63, 3.8) is 0 Å². The van der Waals surface area contributed by atoms with Gasteiger partial charge in [0.05, 0.1) is 17.6 Å². The summed E-state index contributed by atoms with van der Waals surface area (Å²) in [5, 5.41) is 6.56. The third kappa shape index (κ3) is 5.24. The Labute approximate surface area is 192 Å². The average molecular weight is 475 g/mol. The number of nitrogens with zero attached hydrogens (tertiary/aromatic N) is 6. The lowest BCUT2D eigenvalue weighted by atomic mass is 10.2. The van der Waals surface area contributed by atoms with Gasteiger partial charge in [0, 0.05) is 44.2 Å². The molecular weight excluding hydrogens is 455 g/mol. The summed E-state index contributed by atoms with van der Waals surface area (Å²) in [6, 6.07) is 4.62. The van der Waals surface area contributed by atoms with Crippen molar-refractivity contribution in [2.45, 2.75) is 13.1 Å². The minimum Gasteiger partial charge on any atom is -0.455 e. The number of nitrogens with one attached hydrogen (secondary N) is 1. The summed E-state index contributed by atoms with van der Waals surface area (Å²) < 4.78 is 45.2. The topological polar surface area (TPSA) is 105 Å². The highest BCUT2D eigenvalue weighted by Crippen LogP contribution is 2.28. The van der Waals surface area contributed by atoms with Gasteiger partial charge in [-0.3, -0.25) is 15.0 Å². The van der Waals surface area contributed by atoms with Gasteiger partial charge in [-0.15, -0.1) is 0 Å². The highest BCUT2D eigenvalue weighted by Gasteiger charge is 2.40. The predicted octanol–water partition coefficient (Wildman–Crippen LogP) is 3.81. The Hall–Kier alpha value is -4.16. The molecule has 1 aliphatic rings. The fourth-order valence-corrected chi connectivity index (χ4v) is 3.35. The minimum absolute atomic E-state index is 0.127. The normalized spacial score (nSPS) is 14.0. The van der Waals surface area contributed by atoms with E-state index in [4.69, 9.17) is 4.74 Å². The molecule has 0 atom stereocenters. The Balaban J connectivity index is 1.41. The summed E-state index contributed by atoms with van der Waals surface area (Å²) in [4.78, 5) is 34.4. The molecule has 1 aliphatic heterocycles. The Morgan fingerprint density at radius 3 is 2.71 bits per heavy atom. The Kier molecular flexibility index (Phi) is 6.09. The number of halogens is 3. The number of alkyl halides is 3. The molecule has 1 N–H and O–H groups in total. The van der Waals surface area contributed by atoms with Crippen LogP contribution in [0.5, 0.6) is 11.5 Å². The highest BCUT2D eigenvalue weighted by molar-refractivity contribution is 6.01. The number of hydrogen-bond acceptors (Lipinski definition) is 6. The quantitative estimate of drug-likeness (QED) is 0.602. The Bertz CT molecular complexity index is 1230. The molecule has 4 rings (SSSR count). The maximum absolute atomic E-state index is 12.6. The van der Waals surface area contributed by atoms with Crippen LogP contribution in [0.15, 0.2) is 42.9 Å². The second-order valence-electron chi connectivity index (χ2n) is 7.56. The summed E-state index contributed by atoms with van der Waals surface area (Å²) in [6.07, 6.45) is 0.571. The number of aryl methyl sites for hydroxylation is 2. The molecule has 34 heavy (non-hydrogen) atoms. The third-order valence-corrected chi connectivity index (χ3v) is 4.94. The molecular formula is C21H20F3N7O3. The minimum atomic E-state index is -4.54. The molecule has 3 aromatic heterocycles. The molecule has 0 radical (unpaired) electrons. The van der Waals surface area contributed by atoms with Crippen LogP contribution in [0.1, 0.15) is 5.69 Å². The van der Waals surface area contributed by atoms with E-state index in [1.54, 1.807) is 49.2 Å². The molecule has 0 bridgehead atoms. The number of imide groups is 1. The highest BCUT2D eigenvalue weighted by atomic mass is 19.4. The zero-order valence-corrected chi connectivity index (χ0v) is 18.2. The van der Waals surface area contributed by atoms with E-state index in [1.807, 2.05) is 6.20 Å². The summed E-state index contributed by atoms with van der Waals surface area (Å²) >= 11 is 0. The van der Waals surface area contributed by atoms with Crippen LogP contribution in [0.4, 0.5) is 28.6 Å². The average Bonchev–Trinajstić information content (AvgIpc) is 3.35. The number of ether oxygens (including phenoxy) is 1. The van der Waals surface area contributed by atoms with Crippen LogP contribution in [-0.4, -0.2) is 67.4 Å². The number of hydrogen-bond donors (Lipinski definition) is 1. The smallest absolute Gasteiger partial charge is 0.406 e. The number of pyridine rings is 2. The lowest BCUT2D eigenvalue weighted by molar-refractivity contribution is -0.138. The predicted molar refractivity (Wildman–Crippen MR) is 114 cm³/mol. The van der Waals surface area contributed by atoms with E-state index in [0.717, 1.165) is 5.56 Å². The summed E-state index contributed by atoms with van der Waals surface area (Å²) in [7, 11) is 1.80. The number of carbonyl (C=O) groups excluding carboxylic acids is 2. The van der Waals surface area contributed by atoms with Gasteiger partial charge in [-0.25, -0.2) is 19.5 Å². The van der Waals surface area contributed by atoms with Gasteiger partial charge in [0.1, 0.15) is 23.9 Å². The van der Waals surface area contributed by atoms with Crippen LogP contribution < -0.4 is 10.1 Å². The number of rotatable bonds is 5. The first-order valence-corrected chi connectivity index (χ1v) is 10.1. The molecule has 0 aliphatic carbocycles. The van der Waals surface area contributed by atoms with Crippen LogP contribution in [-0.2, 0) is 7.05 Å². The maximum Gasteiger partial charge on any atom is 0.406 e. The largest absolute Gasteiger partial charge is 0.455 e. The lowest BCUT2D eigenvalue weighted by Gasteiger charge is -2.19. The van der Waals surface area contributed by atoms with Crippen LogP contribution >= 0.6 is 0 Å². The van der Waals surface area contributed by atoms with Crippen molar-refractivity contribution in [1.82, 2.24) is 29.5 Å². The maximum atomic E-state index is 12.6. The van der Waals surface area contributed by atoms with Gasteiger partial charge in [-0.2, -0.15) is 18.3 Å². The summed E-state index contributed by atoms with van der Waals surface area (Å²) in [5.41, 5.74) is 1.95. The first-order valence-electron chi connectivity index (χ1n) is 10.1. The Morgan fingerprint density at radius 1 is 1.24 bits per heavy atom. The third-order valence-electron chi connectivity index (χ3n) is 4.94. The van der Waals surface area contributed by atoms with E-state index < -0.39 is 24.8 Å². The fourth-order valence-electron chi connectivity index (χ4n) is 3.35. The number of amides is 4. The van der Waals surface area contributed by atoms with E-state index >= 15 is 0 Å². The first kappa shape index (κ1) is 23.0. The molecule has 4 amide bonds. The van der Waals surface area contributed by atoms with E-state index in [1.165, 1.54) is 6.07 Å². The van der Waals surface area contributed by atoms with Gasteiger partial charge in [-0.05, 0) is 25.1 Å². The van der Waals surface area contributed by atoms with Crippen LogP contribution in [0.2, 0.25) is 0 Å². The van der Waals surface area contributed by atoms with E-state index in [2.05, 4.69) is 20.4 Å². The molecule has 4 heterocycles. The van der Waals surface area contributed by atoms with Crippen molar-refractivity contribution in [2.24, 2.45) is 7.05 Å². The molecule has 0 unspecified atom stereocenters. The molecule has 3 aromatic rings. The molecule has 13 heteroatoms. The number of carbonyl (C=O) groups is 2. The van der Waals surface area contributed by atoms with Gasteiger partial charge in [0.25, 0.3) is 0 Å². The summed E-state index contributed by atoms with van der Waals surface area (Å²) in [5.74, 6) is 1.07. The molecule has 0 aromatic carbocycles. The SMILES string of the molecule is Cc1nc(NC(=O)N2CCN(CC(F)(F)F)C2=O)ccc1Oc1ccnc(-c2cnn(C)c2)c1. The number of urea groups is 2. The van der Waals surface area contributed by atoms with Gasteiger partial charge < -0.3 is 9.64 Å². The zero-order valence-electron chi connectivity index (χ0n) is 18.2. The first-order chi connectivity index (χ1) is 16.1. The second kappa shape index (κ2) is 9.00. The van der Waals surface area contributed by atoms with Crippen molar-refractivity contribution >= 4 is 17.9 Å². The Morgan fingerprint density at radius 2 is 2.03 bits per heavy atom. The van der Waals surface area contributed by atoms with Crippen molar-refractivity contribution < 1.29 is 27.5 Å². The van der Waals surface area contributed by atoms with E-state index in [9.17, 15) is 22.8 Å².